The van der Waals surface area contributed by atoms with Crippen LogP contribution in [0.3, 0.4) is 0 Å². The third-order valence-electron chi connectivity index (χ3n) is 2.78. The zero-order valence-electron chi connectivity index (χ0n) is 7.61. The minimum absolute atomic E-state index is 0. The van der Waals surface area contributed by atoms with E-state index in [1.165, 1.54) is 30.6 Å². The molecule has 1 aliphatic rings. The molecule has 1 aromatic rings. The van der Waals surface area contributed by atoms with E-state index in [0.29, 0.717) is 6.04 Å². The van der Waals surface area contributed by atoms with Gasteiger partial charge in [0, 0.05) is 10.9 Å². The zero-order valence-corrected chi connectivity index (χ0v) is 9.24. The number of hydrogen-bond donors (Lipinski definition) is 1. The Kier molecular flexibility index (Phi) is 4.23. The Hall–Kier alpha value is -0.0500. The van der Waals surface area contributed by atoms with Crippen LogP contribution in [0, 0.1) is 5.92 Å². The summed E-state index contributed by atoms with van der Waals surface area (Å²) in [5.41, 5.74) is 6.16. The van der Waals surface area contributed by atoms with E-state index in [1.807, 2.05) is 0 Å². The van der Waals surface area contributed by atoms with Gasteiger partial charge in [-0.2, -0.15) is 0 Å². The van der Waals surface area contributed by atoms with Crippen LogP contribution in [-0.4, -0.2) is 0 Å². The van der Waals surface area contributed by atoms with Gasteiger partial charge in [0.25, 0.3) is 0 Å². The summed E-state index contributed by atoms with van der Waals surface area (Å²) in [6, 6.07) is 4.56. The maximum Gasteiger partial charge on any atom is 0.0418 e. The fourth-order valence-electron chi connectivity index (χ4n) is 2.03. The summed E-state index contributed by atoms with van der Waals surface area (Å²) in [6.45, 7) is 0. The zero-order chi connectivity index (χ0) is 8.39. The van der Waals surface area contributed by atoms with E-state index in [1.54, 1.807) is 11.3 Å². The minimum atomic E-state index is 0. The van der Waals surface area contributed by atoms with Crippen LogP contribution in [-0.2, 0) is 0 Å². The maximum atomic E-state index is 6.16. The van der Waals surface area contributed by atoms with Crippen LogP contribution in [0.5, 0.6) is 0 Å². The van der Waals surface area contributed by atoms with Crippen LogP contribution in [0.2, 0.25) is 0 Å². The molecule has 74 valence electrons. The van der Waals surface area contributed by atoms with Gasteiger partial charge < -0.3 is 5.73 Å². The molecule has 1 nitrogen and oxygen atoms in total. The van der Waals surface area contributed by atoms with Gasteiger partial charge in [-0.05, 0) is 30.2 Å². The summed E-state index contributed by atoms with van der Waals surface area (Å²) in [7, 11) is 0. The molecule has 1 atom stereocenters. The van der Waals surface area contributed by atoms with Crippen molar-refractivity contribution in [2.75, 3.05) is 0 Å². The molecule has 0 spiro atoms. The summed E-state index contributed by atoms with van der Waals surface area (Å²) < 4.78 is 0. The van der Waals surface area contributed by atoms with Crippen molar-refractivity contribution in [2.45, 2.75) is 31.7 Å². The lowest BCUT2D eigenvalue weighted by Gasteiger charge is -2.16. The van der Waals surface area contributed by atoms with E-state index < -0.39 is 0 Å². The molecule has 2 rings (SSSR count). The van der Waals surface area contributed by atoms with E-state index >= 15 is 0 Å². The van der Waals surface area contributed by atoms with Crippen molar-refractivity contribution in [2.24, 2.45) is 11.7 Å². The van der Waals surface area contributed by atoms with Gasteiger partial charge in [0.15, 0.2) is 0 Å². The minimum Gasteiger partial charge on any atom is -0.323 e. The van der Waals surface area contributed by atoms with E-state index in [9.17, 15) is 0 Å². The average molecular weight is 218 g/mol. The standard InChI is InChI=1S/C10H15NS.ClH/c11-10(8-4-1-2-5-8)9-6-3-7-12-9;/h3,6-8,10H,1-2,4-5,11H2;1H. The molecular weight excluding hydrogens is 202 g/mol. The average Bonchev–Trinajstić information content (AvgIpc) is 2.77. The van der Waals surface area contributed by atoms with Crippen LogP contribution in [0.4, 0.5) is 0 Å². The van der Waals surface area contributed by atoms with E-state index in [0.717, 1.165) is 5.92 Å². The first-order chi connectivity index (χ1) is 5.88. The van der Waals surface area contributed by atoms with Crippen LogP contribution >= 0.6 is 23.7 Å². The molecule has 0 bridgehead atoms. The molecule has 0 radical (unpaired) electrons. The normalized spacial score (nSPS) is 19.8. The topological polar surface area (TPSA) is 26.0 Å². The number of halogens is 1. The molecule has 1 heterocycles. The smallest absolute Gasteiger partial charge is 0.0418 e. The maximum absolute atomic E-state index is 6.16. The Morgan fingerprint density at radius 2 is 2.08 bits per heavy atom. The van der Waals surface area contributed by atoms with Crippen molar-refractivity contribution in [3.8, 4) is 0 Å². The highest BCUT2D eigenvalue weighted by Crippen LogP contribution is 2.35. The van der Waals surface area contributed by atoms with Crippen molar-refractivity contribution < 1.29 is 0 Å². The van der Waals surface area contributed by atoms with Crippen LogP contribution in [0.1, 0.15) is 36.6 Å². The van der Waals surface area contributed by atoms with Crippen molar-refractivity contribution in [1.29, 1.82) is 0 Å². The molecule has 0 saturated heterocycles. The van der Waals surface area contributed by atoms with Gasteiger partial charge in [-0.1, -0.05) is 18.9 Å². The van der Waals surface area contributed by atoms with Crippen molar-refractivity contribution in [3.05, 3.63) is 22.4 Å². The first kappa shape index (κ1) is 11.0. The predicted molar refractivity (Wildman–Crippen MR) is 60.5 cm³/mol. The SMILES string of the molecule is Cl.NC(c1cccs1)C1CCCC1. The Labute approximate surface area is 89.7 Å². The second-order valence-electron chi connectivity index (χ2n) is 3.59. The molecule has 0 aromatic carbocycles. The van der Waals surface area contributed by atoms with Crippen LogP contribution in [0.25, 0.3) is 0 Å². The molecule has 1 unspecified atom stereocenters. The molecule has 1 aliphatic carbocycles. The van der Waals surface area contributed by atoms with Gasteiger partial charge >= 0.3 is 0 Å². The fourth-order valence-corrected chi connectivity index (χ4v) is 2.85. The van der Waals surface area contributed by atoms with Gasteiger partial charge in [-0.3, -0.25) is 0 Å². The van der Waals surface area contributed by atoms with Gasteiger partial charge in [0.2, 0.25) is 0 Å². The summed E-state index contributed by atoms with van der Waals surface area (Å²) in [4.78, 5) is 1.36. The lowest BCUT2D eigenvalue weighted by atomic mass is 9.98. The van der Waals surface area contributed by atoms with E-state index in [4.69, 9.17) is 5.73 Å². The lowest BCUT2D eigenvalue weighted by Crippen LogP contribution is -2.17. The van der Waals surface area contributed by atoms with Gasteiger partial charge in [-0.25, -0.2) is 0 Å². The Morgan fingerprint density at radius 1 is 1.38 bits per heavy atom. The lowest BCUT2D eigenvalue weighted by molar-refractivity contribution is 0.450. The molecule has 0 amide bonds. The second kappa shape index (κ2) is 4.99. The van der Waals surface area contributed by atoms with Gasteiger partial charge in [0.05, 0.1) is 0 Å². The predicted octanol–water partition coefficient (Wildman–Crippen LogP) is 3.36. The van der Waals surface area contributed by atoms with Crippen molar-refractivity contribution >= 4 is 23.7 Å². The summed E-state index contributed by atoms with van der Waals surface area (Å²) in [5.74, 6) is 0.753. The third kappa shape index (κ3) is 2.46. The largest absolute Gasteiger partial charge is 0.323 e. The first-order valence-corrected chi connectivity index (χ1v) is 5.55. The summed E-state index contributed by atoms with van der Waals surface area (Å²) in [5, 5.41) is 2.12. The first-order valence-electron chi connectivity index (χ1n) is 4.67. The molecule has 13 heavy (non-hydrogen) atoms. The molecule has 0 aliphatic heterocycles. The van der Waals surface area contributed by atoms with E-state index in [-0.39, 0.29) is 12.4 Å². The molecule has 2 N–H and O–H groups in total. The van der Waals surface area contributed by atoms with Crippen LogP contribution in [0.15, 0.2) is 17.5 Å². The number of hydrogen-bond acceptors (Lipinski definition) is 2. The Bertz CT molecular complexity index is 229. The molecular formula is C10H16ClNS. The second-order valence-corrected chi connectivity index (χ2v) is 4.57. The monoisotopic (exact) mass is 217 g/mol. The molecule has 3 heteroatoms. The Morgan fingerprint density at radius 3 is 2.62 bits per heavy atom. The van der Waals surface area contributed by atoms with Crippen molar-refractivity contribution in [1.82, 2.24) is 0 Å². The highest BCUT2D eigenvalue weighted by atomic mass is 35.5. The number of nitrogens with two attached hydrogens (primary N) is 1. The number of thiophene rings is 1. The van der Waals surface area contributed by atoms with Gasteiger partial charge in [-0.15, -0.1) is 23.7 Å². The van der Waals surface area contributed by atoms with Gasteiger partial charge in [0.1, 0.15) is 0 Å². The summed E-state index contributed by atoms with van der Waals surface area (Å²) in [6.07, 6.45) is 5.42. The van der Waals surface area contributed by atoms with Crippen molar-refractivity contribution in [3.63, 3.8) is 0 Å². The van der Waals surface area contributed by atoms with Crippen LogP contribution < -0.4 is 5.73 Å². The highest BCUT2D eigenvalue weighted by Gasteiger charge is 2.23. The molecule has 1 fully saturated rings. The highest BCUT2D eigenvalue weighted by molar-refractivity contribution is 7.10. The summed E-state index contributed by atoms with van der Waals surface area (Å²) >= 11 is 1.79. The quantitative estimate of drug-likeness (QED) is 0.808. The number of rotatable bonds is 2. The fraction of sp³-hybridized carbons (Fsp3) is 0.600. The molecule has 1 saturated carbocycles. The van der Waals surface area contributed by atoms with E-state index in [2.05, 4.69) is 17.5 Å². The Balaban J connectivity index is 0.000000845. The molecule has 1 aromatic heterocycles. The third-order valence-corrected chi connectivity index (χ3v) is 3.75.